The zero-order valence-corrected chi connectivity index (χ0v) is 47.3. The maximum absolute atomic E-state index is 7.45. The van der Waals surface area contributed by atoms with Gasteiger partial charge in [-0.05, 0) is 187 Å². The van der Waals surface area contributed by atoms with Crippen molar-refractivity contribution in [2.45, 2.75) is 24.7 Å². The first-order chi connectivity index (χ1) is 42.5. The lowest BCUT2D eigenvalue weighted by Crippen LogP contribution is -2.27. The van der Waals surface area contributed by atoms with Gasteiger partial charge < -0.3 is 18.6 Å². The van der Waals surface area contributed by atoms with Crippen LogP contribution in [0.15, 0.2) is 288 Å². The highest BCUT2D eigenvalue weighted by Crippen LogP contribution is 2.71. The summed E-state index contributed by atoms with van der Waals surface area (Å²) in [6.45, 7) is 4.43. The monoisotopic (exact) mass is 1100 g/mol. The van der Waals surface area contributed by atoms with Crippen molar-refractivity contribution < 1.29 is 8.83 Å². The molecule has 0 N–H and O–H groups in total. The zero-order chi connectivity index (χ0) is 56.6. The Labute approximate surface area is 497 Å². The second-order valence-electron chi connectivity index (χ2n) is 23.8. The van der Waals surface area contributed by atoms with Gasteiger partial charge in [-0.15, -0.1) is 0 Å². The number of aryl methyl sites for hydroxylation is 2. The molecule has 0 aliphatic heterocycles. The van der Waals surface area contributed by atoms with Crippen LogP contribution in [0.4, 0.5) is 34.1 Å². The number of anilines is 6. The smallest absolute Gasteiger partial charge is 0.160 e. The molecule has 0 saturated heterocycles. The van der Waals surface area contributed by atoms with E-state index in [1.165, 1.54) is 100 Å². The Kier molecular flexibility index (Phi) is 9.58. The van der Waals surface area contributed by atoms with E-state index in [1.54, 1.807) is 0 Å². The van der Waals surface area contributed by atoms with E-state index < -0.39 is 10.8 Å². The molecule has 0 fully saturated rings. The Hall–Kier alpha value is -10.9. The van der Waals surface area contributed by atoms with E-state index in [9.17, 15) is 0 Å². The number of fused-ring (bicyclic) bond motifs is 28. The third-order valence-corrected chi connectivity index (χ3v) is 19.7. The Bertz CT molecular complexity index is 4990. The van der Waals surface area contributed by atoms with Crippen molar-refractivity contribution in [1.82, 2.24) is 0 Å². The third kappa shape index (κ3) is 5.92. The summed E-state index contributed by atoms with van der Waals surface area (Å²) in [4.78, 5) is 4.88. The molecule has 0 atom stereocenters. The van der Waals surface area contributed by atoms with E-state index in [1.807, 2.05) is 0 Å². The molecule has 15 aromatic rings. The fraction of sp³-hybridized carbons (Fsp3) is 0.0488. The Morgan fingerprint density at radius 1 is 0.267 bits per heavy atom. The highest BCUT2D eigenvalue weighted by Gasteiger charge is 2.58. The number of nitrogens with zero attached hydrogens (tertiary/aromatic N) is 2. The van der Waals surface area contributed by atoms with Gasteiger partial charge in [0.15, 0.2) is 11.2 Å². The van der Waals surface area contributed by atoms with Gasteiger partial charge in [-0.3, -0.25) is 0 Å². The second-order valence-corrected chi connectivity index (χ2v) is 23.8. The summed E-state index contributed by atoms with van der Waals surface area (Å²) in [5.41, 5.74) is 30.4. The van der Waals surface area contributed by atoms with Crippen LogP contribution in [0.5, 0.6) is 0 Å². The highest BCUT2D eigenvalue weighted by atomic mass is 16.3. The van der Waals surface area contributed by atoms with E-state index in [2.05, 4.69) is 303 Å². The van der Waals surface area contributed by atoms with Crippen molar-refractivity contribution in [3.63, 3.8) is 0 Å². The lowest BCUT2D eigenvalue weighted by atomic mass is 9.68. The molecule has 86 heavy (non-hydrogen) atoms. The predicted molar refractivity (Wildman–Crippen MR) is 352 cm³/mol. The maximum Gasteiger partial charge on any atom is 0.160 e. The SMILES string of the molecule is Cc1ccccc1N(c1ccccc1)c1cc2c(c3c1oc1ccccc13)-c1cc3c(cc1C21c2ccccc2-c2ccccc21)-c1c(cc(N(c2ccccc2)c2ccccc2C)c2oc4ccccc4c12)C31c2ccccc2-c2ccccc21. The molecule has 2 heterocycles. The molecular weight excluding hydrogens is 1040 g/mol. The normalized spacial score (nSPS) is 13.9. The molecule has 0 radical (unpaired) electrons. The number of furan rings is 2. The molecule has 0 unspecified atom stereocenters. The molecular formula is C82H52N2O2. The van der Waals surface area contributed by atoms with E-state index >= 15 is 0 Å². The van der Waals surface area contributed by atoms with Crippen LogP contribution in [0, 0.1) is 13.8 Å². The van der Waals surface area contributed by atoms with Crippen molar-refractivity contribution in [2.75, 3.05) is 9.80 Å². The summed E-state index contributed by atoms with van der Waals surface area (Å²) in [5.74, 6) is 0. The minimum absolute atomic E-state index is 0.768. The molecule has 0 amide bonds. The molecule has 4 aliphatic carbocycles. The minimum Gasteiger partial charge on any atom is -0.454 e. The van der Waals surface area contributed by atoms with E-state index in [4.69, 9.17) is 8.83 Å². The fourth-order valence-corrected chi connectivity index (χ4v) is 16.4. The molecule has 402 valence electrons. The van der Waals surface area contributed by atoms with Crippen LogP contribution < -0.4 is 9.80 Å². The number of hydrogen-bond acceptors (Lipinski definition) is 4. The quantitative estimate of drug-likeness (QED) is 0.166. The topological polar surface area (TPSA) is 32.8 Å². The van der Waals surface area contributed by atoms with Crippen LogP contribution in [-0.2, 0) is 10.8 Å². The lowest BCUT2D eigenvalue weighted by molar-refractivity contribution is 0.668. The predicted octanol–water partition coefficient (Wildman–Crippen LogP) is 21.7. The molecule has 4 aliphatic rings. The van der Waals surface area contributed by atoms with Gasteiger partial charge in [0.25, 0.3) is 0 Å². The van der Waals surface area contributed by atoms with E-state index in [0.717, 1.165) is 78.0 Å². The van der Waals surface area contributed by atoms with Crippen molar-refractivity contribution in [3.8, 4) is 44.5 Å². The van der Waals surface area contributed by atoms with Gasteiger partial charge in [0.05, 0.1) is 22.2 Å². The molecule has 2 spiro atoms. The van der Waals surface area contributed by atoms with Crippen LogP contribution in [0.2, 0.25) is 0 Å². The fourth-order valence-electron chi connectivity index (χ4n) is 16.4. The first-order valence-corrected chi connectivity index (χ1v) is 29.9. The Morgan fingerprint density at radius 3 is 0.977 bits per heavy atom. The summed E-state index contributed by atoms with van der Waals surface area (Å²) in [5, 5.41) is 4.40. The van der Waals surface area contributed by atoms with Gasteiger partial charge in [0.1, 0.15) is 11.2 Å². The number of para-hydroxylation sites is 6. The van der Waals surface area contributed by atoms with Crippen molar-refractivity contribution in [2.24, 2.45) is 0 Å². The summed E-state index contributed by atoms with van der Waals surface area (Å²) in [6.07, 6.45) is 0. The van der Waals surface area contributed by atoms with E-state index in [-0.39, 0.29) is 0 Å². The van der Waals surface area contributed by atoms with Crippen molar-refractivity contribution in [3.05, 3.63) is 335 Å². The van der Waals surface area contributed by atoms with E-state index in [0.29, 0.717) is 0 Å². The molecule has 4 heteroatoms. The van der Waals surface area contributed by atoms with Crippen LogP contribution in [0.3, 0.4) is 0 Å². The molecule has 2 aromatic heterocycles. The zero-order valence-electron chi connectivity index (χ0n) is 47.3. The van der Waals surface area contributed by atoms with Gasteiger partial charge in [0.2, 0.25) is 0 Å². The first-order valence-electron chi connectivity index (χ1n) is 29.9. The first kappa shape index (κ1) is 47.5. The Morgan fingerprint density at radius 2 is 0.593 bits per heavy atom. The lowest BCUT2D eigenvalue weighted by Gasteiger charge is -2.33. The van der Waals surface area contributed by atoms with Crippen molar-refractivity contribution in [1.29, 1.82) is 0 Å². The second kappa shape index (κ2) is 17.3. The summed E-state index contributed by atoms with van der Waals surface area (Å²) in [7, 11) is 0. The van der Waals surface area contributed by atoms with Crippen LogP contribution >= 0.6 is 0 Å². The van der Waals surface area contributed by atoms with Gasteiger partial charge in [0, 0.05) is 44.3 Å². The van der Waals surface area contributed by atoms with Crippen LogP contribution in [0.1, 0.15) is 55.6 Å². The van der Waals surface area contributed by atoms with Gasteiger partial charge in [-0.1, -0.05) is 206 Å². The average Bonchev–Trinajstić information content (AvgIpc) is 1.51. The average molecular weight is 1100 g/mol. The number of benzene rings is 13. The standard InChI is InChI=1S/C82H52N2O2/c1-49-25-9-21-41-69(49)83(51-27-5-3-6-28-51)71-47-67-75(77-57-35-15-23-43-73(57)85-79(71)77)59-45-66-60(46-65(59)81(67)61-37-17-11-31-53(61)54-32-12-18-38-62(54)81)76-68(82(66)63-39-19-13-33-55(63)56-34-14-20-40-64(56)82)48-72(80-78(76)58-36-16-24-44-74(58)86-80)84(52-29-7-4-8-30-52)70-42-22-10-26-50(70)2/h3-48H,1-2H3. The number of rotatable bonds is 6. The summed E-state index contributed by atoms with van der Waals surface area (Å²) in [6, 6.07) is 104. The molecule has 0 saturated carbocycles. The van der Waals surface area contributed by atoms with Crippen molar-refractivity contribution >= 4 is 78.0 Å². The van der Waals surface area contributed by atoms with Gasteiger partial charge >= 0.3 is 0 Å². The third-order valence-electron chi connectivity index (χ3n) is 19.7. The summed E-state index contributed by atoms with van der Waals surface area (Å²) < 4.78 is 14.9. The molecule has 4 nitrogen and oxygen atoms in total. The summed E-state index contributed by atoms with van der Waals surface area (Å²) >= 11 is 0. The number of hydrogen-bond donors (Lipinski definition) is 0. The largest absolute Gasteiger partial charge is 0.454 e. The Balaban J connectivity index is 1.02. The highest BCUT2D eigenvalue weighted by molar-refractivity contribution is 6.23. The molecule has 13 aromatic carbocycles. The molecule has 0 bridgehead atoms. The molecule has 19 rings (SSSR count). The van der Waals surface area contributed by atoms with Gasteiger partial charge in [-0.2, -0.15) is 0 Å². The minimum atomic E-state index is -0.768. The van der Waals surface area contributed by atoms with Crippen LogP contribution in [0.25, 0.3) is 88.4 Å². The maximum atomic E-state index is 7.45. The van der Waals surface area contributed by atoms with Gasteiger partial charge in [-0.25, -0.2) is 0 Å². The van der Waals surface area contributed by atoms with Crippen LogP contribution in [-0.4, -0.2) is 0 Å².